The summed E-state index contributed by atoms with van der Waals surface area (Å²) in [6, 6.07) is 4.69. The smallest absolute Gasteiger partial charge is 0.369 e. The molecule has 1 atom stereocenters. The van der Waals surface area contributed by atoms with Crippen LogP contribution in [0.25, 0.3) is 0 Å². The molecule has 1 heterocycles. The van der Waals surface area contributed by atoms with Crippen LogP contribution in [0.15, 0.2) is 24.3 Å². The van der Waals surface area contributed by atoms with Crippen LogP contribution < -0.4 is 10.6 Å². The molecule has 1 saturated heterocycles. The summed E-state index contributed by atoms with van der Waals surface area (Å²) >= 11 is 0. The van der Waals surface area contributed by atoms with E-state index >= 15 is 0 Å². The molecule has 0 aromatic heterocycles. The lowest BCUT2D eigenvalue weighted by Gasteiger charge is -2.36. The first-order valence-corrected chi connectivity index (χ1v) is 6.71. The number of amides is 1. The van der Waals surface area contributed by atoms with Crippen molar-refractivity contribution in [1.82, 2.24) is 0 Å². The van der Waals surface area contributed by atoms with E-state index in [1.54, 1.807) is 0 Å². The van der Waals surface area contributed by atoms with Crippen molar-refractivity contribution in [2.45, 2.75) is 25.1 Å². The van der Waals surface area contributed by atoms with Crippen LogP contribution in [0, 0.1) is 0 Å². The summed E-state index contributed by atoms with van der Waals surface area (Å²) in [6.07, 6.45) is -3.38. The molecule has 21 heavy (non-hydrogen) atoms. The van der Waals surface area contributed by atoms with Crippen LogP contribution in [0.5, 0.6) is 0 Å². The minimum Gasteiger partial charge on any atom is -0.369 e. The lowest BCUT2D eigenvalue weighted by Crippen LogP contribution is -2.50. The molecule has 0 spiro atoms. The van der Waals surface area contributed by atoms with Crippen molar-refractivity contribution in [3.63, 3.8) is 0 Å². The van der Waals surface area contributed by atoms with Gasteiger partial charge < -0.3 is 15.4 Å². The number of rotatable bonds is 4. The highest BCUT2D eigenvalue weighted by Gasteiger charge is 2.38. The highest BCUT2D eigenvalue weighted by molar-refractivity contribution is 5.96. The fourth-order valence-electron chi connectivity index (χ4n) is 2.45. The van der Waals surface area contributed by atoms with Crippen LogP contribution in [0.2, 0.25) is 0 Å². The van der Waals surface area contributed by atoms with E-state index in [4.69, 9.17) is 10.5 Å². The summed E-state index contributed by atoms with van der Waals surface area (Å²) in [5, 5.41) is 0. The molecule has 1 amide bonds. The minimum atomic E-state index is -4.51. The van der Waals surface area contributed by atoms with Crippen molar-refractivity contribution in [3.05, 3.63) is 29.8 Å². The van der Waals surface area contributed by atoms with Gasteiger partial charge in [-0.2, -0.15) is 13.2 Å². The van der Waals surface area contributed by atoms with Gasteiger partial charge in [0.2, 0.25) is 0 Å². The zero-order valence-corrected chi connectivity index (χ0v) is 11.4. The van der Waals surface area contributed by atoms with Gasteiger partial charge in [-0.3, -0.25) is 4.79 Å². The summed E-state index contributed by atoms with van der Waals surface area (Å²) in [7, 11) is 0. The van der Waals surface area contributed by atoms with E-state index in [9.17, 15) is 18.0 Å². The van der Waals surface area contributed by atoms with E-state index < -0.39 is 23.7 Å². The lowest BCUT2D eigenvalue weighted by molar-refractivity contribution is -0.137. The Morgan fingerprint density at radius 1 is 1.33 bits per heavy atom. The lowest BCUT2D eigenvalue weighted by atomic mass is 10.0. The monoisotopic (exact) mass is 302 g/mol. The van der Waals surface area contributed by atoms with Crippen molar-refractivity contribution in [2.75, 3.05) is 24.7 Å². The number of para-hydroxylation sites is 1. The predicted octanol–water partition coefficient (Wildman–Crippen LogP) is 2.18. The number of hydrogen-bond acceptors (Lipinski definition) is 3. The van der Waals surface area contributed by atoms with Crippen LogP contribution in [0.3, 0.4) is 0 Å². The summed E-state index contributed by atoms with van der Waals surface area (Å²) in [4.78, 5) is 13.3. The average Bonchev–Trinajstić information content (AvgIpc) is 2.44. The molecule has 1 aliphatic rings. The van der Waals surface area contributed by atoms with Crippen LogP contribution in [-0.2, 0) is 15.7 Å². The van der Waals surface area contributed by atoms with E-state index in [-0.39, 0.29) is 18.9 Å². The maximum Gasteiger partial charge on any atom is 0.418 e. The predicted molar refractivity (Wildman–Crippen MR) is 71.8 cm³/mol. The molecule has 1 unspecified atom stereocenters. The standard InChI is InChI=1S/C14H17F3N2O2/c15-14(16,17)11-5-1-2-6-12(11)19-10(4-3-7-18)8-21-9-13(19)20/h1-2,5-6,10H,3-4,7-9,18H2. The molecular weight excluding hydrogens is 285 g/mol. The number of alkyl halides is 3. The van der Waals surface area contributed by atoms with Gasteiger partial charge in [-0.1, -0.05) is 12.1 Å². The van der Waals surface area contributed by atoms with Crippen molar-refractivity contribution < 1.29 is 22.7 Å². The second kappa shape index (κ2) is 6.44. The molecule has 2 N–H and O–H groups in total. The topological polar surface area (TPSA) is 55.6 Å². The molecule has 0 saturated carbocycles. The van der Waals surface area contributed by atoms with E-state index in [1.807, 2.05) is 0 Å². The van der Waals surface area contributed by atoms with Crippen LogP contribution in [0.1, 0.15) is 18.4 Å². The summed E-state index contributed by atoms with van der Waals surface area (Å²) in [6.45, 7) is 0.433. The van der Waals surface area contributed by atoms with Gasteiger partial charge in [0.25, 0.3) is 5.91 Å². The third-order valence-electron chi connectivity index (χ3n) is 3.38. The molecule has 1 aliphatic heterocycles. The number of carbonyl (C=O) groups excluding carboxylic acids is 1. The maximum absolute atomic E-state index is 13.1. The fraction of sp³-hybridized carbons (Fsp3) is 0.500. The Hall–Kier alpha value is -1.60. The number of ether oxygens (including phenoxy) is 1. The fourth-order valence-corrected chi connectivity index (χ4v) is 2.45. The van der Waals surface area contributed by atoms with Crippen LogP contribution >= 0.6 is 0 Å². The third-order valence-corrected chi connectivity index (χ3v) is 3.38. The zero-order chi connectivity index (χ0) is 15.5. The van der Waals surface area contributed by atoms with E-state index in [0.717, 1.165) is 6.07 Å². The van der Waals surface area contributed by atoms with Crippen molar-refractivity contribution in [3.8, 4) is 0 Å². The Balaban J connectivity index is 2.38. The third kappa shape index (κ3) is 3.54. The number of anilines is 1. The van der Waals surface area contributed by atoms with Gasteiger partial charge in [-0.25, -0.2) is 0 Å². The molecular formula is C14H17F3N2O2. The second-order valence-electron chi connectivity index (χ2n) is 4.88. The normalized spacial score (nSPS) is 19.9. The molecule has 0 radical (unpaired) electrons. The first-order valence-electron chi connectivity index (χ1n) is 6.71. The molecule has 2 rings (SSSR count). The van der Waals surface area contributed by atoms with Crippen molar-refractivity contribution >= 4 is 11.6 Å². The number of nitrogens with zero attached hydrogens (tertiary/aromatic N) is 1. The summed E-state index contributed by atoms with van der Waals surface area (Å²) in [5.41, 5.74) is 4.52. The molecule has 7 heteroatoms. The molecule has 0 bridgehead atoms. The summed E-state index contributed by atoms with van der Waals surface area (Å²) < 4.78 is 44.5. The maximum atomic E-state index is 13.1. The van der Waals surface area contributed by atoms with Gasteiger partial charge >= 0.3 is 6.18 Å². The molecule has 1 aromatic rings. The van der Waals surface area contributed by atoms with Gasteiger partial charge in [0, 0.05) is 0 Å². The van der Waals surface area contributed by atoms with E-state index in [2.05, 4.69) is 0 Å². The first-order chi connectivity index (χ1) is 9.95. The number of nitrogens with two attached hydrogens (primary N) is 1. The number of morpholine rings is 1. The SMILES string of the molecule is NCCCC1COCC(=O)N1c1ccccc1C(F)(F)F. The van der Waals surface area contributed by atoms with Crippen LogP contribution in [0.4, 0.5) is 18.9 Å². The number of hydrogen-bond donors (Lipinski definition) is 1. The number of carbonyl (C=O) groups is 1. The van der Waals surface area contributed by atoms with Crippen LogP contribution in [-0.4, -0.2) is 31.7 Å². The molecule has 4 nitrogen and oxygen atoms in total. The molecule has 0 aliphatic carbocycles. The summed E-state index contributed by atoms with van der Waals surface area (Å²) in [5.74, 6) is -0.458. The van der Waals surface area contributed by atoms with Crippen molar-refractivity contribution in [2.24, 2.45) is 5.73 Å². The highest BCUT2D eigenvalue weighted by Crippen LogP contribution is 2.38. The molecule has 1 aromatic carbocycles. The Kier molecular flexibility index (Phi) is 4.84. The quantitative estimate of drug-likeness (QED) is 0.927. The Morgan fingerprint density at radius 2 is 2.05 bits per heavy atom. The van der Waals surface area contributed by atoms with Crippen molar-refractivity contribution in [1.29, 1.82) is 0 Å². The van der Waals surface area contributed by atoms with Gasteiger partial charge in [0.05, 0.1) is 23.9 Å². The highest BCUT2D eigenvalue weighted by atomic mass is 19.4. The van der Waals surface area contributed by atoms with Gasteiger partial charge in [-0.05, 0) is 31.5 Å². The average molecular weight is 302 g/mol. The molecule has 1 fully saturated rings. The van der Waals surface area contributed by atoms with E-state index in [0.29, 0.717) is 19.4 Å². The number of benzene rings is 1. The molecule has 116 valence electrons. The van der Waals surface area contributed by atoms with Gasteiger partial charge in [0.15, 0.2) is 0 Å². The Bertz CT molecular complexity index is 505. The Morgan fingerprint density at radius 3 is 2.71 bits per heavy atom. The Labute approximate surface area is 120 Å². The van der Waals surface area contributed by atoms with Gasteiger partial charge in [-0.15, -0.1) is 0 Å². The largest absolute Gasteiger partial charge is 0.418 e. The first kappa shape index (κ1) is 15.8. The zero-order valence-electron chi connectivity index (χ0n) is 11.4. The van der Waals surface area contributed by atoms with E-state index in [1.165, 1.54) is 23.1 Å². The number of halogens is 3. The second-order valence-corrected chi connectivity index (χ2v) is 4.88. The van der Waals surface area contributed by atoms with Gasteiger partial charge in [0.1, 0.15) is 6.61 Å². The minimum absolute atomic E-state index is 0.111.